The minimum atomic E-state index is -3.85. The summed E-state index contributed by atoms with van der Waals surface area (Å²) in [7, 11) is -3.85. The summed E-state index contributed by atoms with van der Waals surface area (Å²) >= 11 is 12.1. The maximum atomic E-state index is 12.9. The molecular weight excluding hydrogens is 425 g/mol. The molecule has 1 N–H and O–H groups in total. The van der Waals surface area contributed by atoms with Gasteiger partial charge in [0, 0.05) is 24.3 Å². The highest BCUT2D eigenvalue weighted by Crippen LogP contribution is 2.27. The Balaban J connectivity index is 1.87. The van der Waals surface area contributed by atoms with Crippen molar-refractivity contribution in [1.29, 1.82) is 5.26 Å². The van der Waals surface area contributed by atoms with Gasteiger partial charge in [-0.3, -0.25) is 4.79 Å². The molecule has 0 aromatic heterocycles. The van der Waals surface area contributed by atoms with Gasteiger partial charge in [0.2, 0.25) is 10.0 Å². The van der Waals surface area contributed by atoms with Crippen LogP contribution in [0.15, 0.2) is 41.3 Å². The molecule has 0 aliphatic carbocycles. The average Bonchev–Trinajstić information content (AvgIpc) is 2.69. The van der Waals surface area contributed by atoms with Gasteiger partial charge in [-0.2, -0.15) is 9.57 Å². The molecule has 1 saturated heterocycles. The van der Waals surface area contributed by atoms with E-state index in [1.54, 1.807) is 0 Å². The van der Waals surface area contributed by atoms with Crippen molar-refractivity contribution in [2.24, 2.45) is 0 Å². The zero-order valence-electron chi connectivity index (χ0n) is 14.5. The number of nitrogens with one attached hydrogen (secondary N) is 1. The smallest absolute Gasteiger partial charge is 0.255 e. The number of nitriles is 1. The van der Waals surface area contributed by atoms with Crippen LogP contribution in [-0.4, -0.2) is 44.9 Å². The first-order valence-electron chi connectivity index (χ1n) is 8.21. The maximum absolute atomic E-state index is 12.9. The van der Waals surface area contributed by atoms with Gasteiger partial charge < -0.3 is 10.1 Å². The Morgan fingerprint density at radius 1 is 1.11 bits per heavy atom. The van der Waals surface area contributed by atoms with Crippen LogP contribution < -0.4 is 5.32 Å². The lowest BCUT2D eigenvalue weighted by Crippen LogP contribution is -2.40. The van der Waals surface area contributed by atoms with Gasteiger partial charge in [0.05, 0.1) is 28.8 Å². The van der Waals surface area contributed by atoms with Crippen molar-refractivity contribution in [3.63, 3.8) is 0 Å². The molecular formula is C18H15Cl2N3O4S. The largest absolute Gasteiger partial charge is 0.379 e. The number of carbonyl (C=O) groups excluding carboxylic acids is 1. The van der Waals surface area contributed by atoms with Crippen molar-refractivity contribution in [2.75, 3.05) is 31.6 Å². The molecule has 0 radical (unpaired) electrons. The molecule has 146 valence electrons. The standard InChI is InChI=1S/C18H15Cl2N3O4S/c19-15-4-2-12(9-17(15)28(25,26)23-5-7-27-8-6-23)18(24)22-14-3-1-13(11-21)16(20)10-14/h1-4,9-10H,5-8H2,(H,22,24). The molecule has 0 unspecified atom stereocenters. The van der Waals surface area contributed by atoms with E-state index in [0.29, 0.717) is 18.9 Å². The number of rotatable bonds is 4. The van der Waals surface area contributed by atoms with Gasteiger partial charge in [-0.05, 0) is 36.4 Å². The predicted molar refractivity (Wildman–Crippen MR) is 105 cm³/mol. The zero-order chi connectivity index (χ0) is 20.3. The minimum absolute atomic E-state index is 0.0319. The second-order valence-corrected chi connectivity index (χ2v) is 8.64. The lowest BCUT2D eigenvalue weighted by molar-refractivity contribution is 0.0730. The summed E-state index contributed by atoms with van der Waals surface area (Å²) in [6.45, 7) is 1.05. The Bertz CT molecular complexity index is 1060. The third-order valence-electron chi connectivity index (χ3n) is 4.13. The number of halogens is 2. The van der Waals surface area contributed by atoms with E-state index in [9.17, 15) is 13.2 Å². The number of hydrogen-bond donors (Lipinski definition) is 1. The zero-order valence-corrected chi connectivity index (χ0v) is 16.8. The number of anilines is 1. The normalized spacial score (nSPS) is 15.0. The van der Waals surface area contributed by atoms with E-state index in [1.165, 1.54) is 40.7 Å². The van der Waals surface area contributed by atoms with Gasteiger partial charge in [0.15, 0.2) is 0 Å². The van der Waals surface area contributed by atoms with Crippen LogP contribution in [0.5, 0.6) is 0 Å². The van der Waals surface area contributed by atoms with E-state index >= 15 is 0 Å². The number of amides is 1. The van der Waals surface area contributed by atoms with Crippen molar-refractivity contribution >= 4 is 44.8 Å². The molecule has 1 amide bonds. The van der Waals surface area contributed by atoms with Crippen LogP contribution in [0.4, 0.5) is 5.69 Å². The summed E-state index contributed by atoms with van der Waals surface area (Å²) in [5.41, 5.74) is 0.781. The second-order valence-electron chi connectivity index (χ2n) is 5.92. The summed E-state index contributed by atoms with van der Waals surface area (Å²) in [4.78, 5) is 12.4. The summed E-state index contributed by atoms with van der Waals surface area (Å²) in [6.07, 6.45) is 0. The van der Waals surface area contributed by atoms with Crippen molar-refractivity contribution < 1.29 is 17.9 Å². The maximum Gasteiger partial charge on any atom is 0.255 e. The fraction of sp³-hybridized carbons (Fsp3) is 0.222. The Morgan fingerprint density at radius 2 is 1.82 bits per heavy atom. The first-order valence-corrected chi connectivity index (χ1v) is 10.4. The van der Waals surface area contributed by atoms with Gasteiger partial charge in [-0.15, -0.1) is 0 Å². The van der Waals surface area contributed by atoms with Crippen molar-refractivity contribution in [1.82, 2.24) is 4.31 Å². The number of ether oxygens (including phenoxy) is 1. The molecule has 1 fully saturated rings. The molecule has 2 aromatic rings. The van der Waals surface area contributed by atoms with Crippen LogP contribution >= 0.6 is 23.2 Å². The summed E-state index contributed by atoms with van der Waals surface area (Å²) in [5, 5.41) is 11.8. The van der Waals surface area contributed by atoms with Crippen LogP contribution in [0.1, 0.15) is 15.9 Å². The van der Waals surface area contributed by atoms with Crippen LogP contribution in [-0.2, 0) is 14.8 Å². The average molecular weight is 440 g/mol. The first-order chi connectivity index (χ1) is 13.3. The quantitative estimate of drug-likeness (QED) is 0.788. The van der Waals surface area contributed by atoms with Gasteiger partial charge in [0.1, 0.15) is 11.0 Å². The third-order valence-corrected chi connectivity index (χ3v) is 6.82. The molecule has 1 heterocycles. The number of nitrogens with zero attached hydrogens (tertiary/aromatic N) is 2. The lowest BCUT2D eigenvalue weighted by atomic mass is 10.2. The Hall–Kier alpha value is -2.15. The summed E-state index contributed by atoms with van der Waals surface area (Å²) in [6, 6.07) is 10.4. The second kappa shape index (κ2) is 8.47. The summed E-state index contributed by atoms with van der Waals surface area (Å²) in [5.74, 6) is -0.532. The highest BCUT2D eigenvalue weighted by molar-refractivity contribution is 7.89. The van der Waals surface area contributed by atoms with Crippen LogP contribution in [0.25, 0.3) is 0 Å². The number of morpholine rings is 1. The number of sulfonamides is 1. The lowest BCUT2D eigenvalue weighted by Gasteiger charge is -2.26. The molecule has 1 aliphatic heterocycles. The molecule has 0 bridgehead atoms. The molecule has 0 saturated carbocycles. The third kappa shape index (κ3) is 4.29. The molecule has 2 aromatic carbocycles. The molecule has 7 nitrogen and oxygen atoms in total. The predicted octanol–water partition coefficient (Wildman–Crippen LogP) is 3.14. The molecule has 28 heavy (non-hydrogen) atoms. The fourth-order valence-electron chi connectivity index (χ4n) is 2.66. The van der Waals surface area contributed by atoms with Crippen molar-refractivity contribution in [3.05, 3.63) is 57.6 Å². The van der Waals surface area contributed by atoms with E-state index in [1.807, 2.05) is 6.07 Å². The summed E-state index contributed by atoms with van der Waals surface area (Å²) < 4.78 is 32.2. The first kappa shape index (κ1) is 20.6. The van der Waals surface area contributed by atoms with E-state index in [4.69, 9.17) is 33.2 Å². The monoisotopic (exact) mass is 439 g/mol. The Labute approximate surface area is 172 Å². The van der Waals surface area contributed by atoms with Crippen LogP contribution in [0, 0.1) is 11.3 Å². The van der Waals surface area contributed by atoms with Crippen molar-refractivity contribution in [2.45, 2.75) is 4.90 Å². The number of hydrogen-bond acceptors (Lipinski definition) is 5. The Kier molecular flexibility index (Phi) is 6.23. The van der Waals surface area contributed by atoms with E-state index in [2.05, 4.69) is 5.32 Å². The van der Waals surface area contributed by atoms with Gasteiger partial charge in [-0.25, -0.2) is 8.42 Å². The van der Waals surface area contributed by atoms with Gasteiger partial charge in [0.25, 0.3) is 5.91 Å². The van der Waals surface area contributed by atoms with Crippen molar-refractivity contribution in [3.8, 4) is 6.07 Å². The Morgan fingerprint density at radius 3 is 2.46 bits per heavy atom. The highest BCUT2D eigenvalue weighted by atomic mass is 35.5. The fourth-order valence-corrected chi connectivity index (χ4v) is 4.79. The highest BCUT2D eigenvalue weighted by Gasteiger charge is 2.29. The molecule has 0 spiro atoms. The van der Waals surface area contributed by atoms with E-state index in [0.717, 1.165) is 0 Å². The number of carbonyl (C=O) groups is 1. The molecule has 1 aliphatic rings. The van der Waals surface area contributed by atoms with Gasteiger partial charge >= 0.3 is 0 Å². The minimum Gasteiger partial charge on any atom is -0.379 e. The molecule has 3 rings (SSSR count). The topological polar surface area (TPSA) is 99.5 Å². The van der Waals surface area contributed by atoms with E-state index in [-0.39, 0.29) is 39.2 Å². The SMILES string of the molecule is N#Cc1ccc(NC(=O)c2ccc(Cl)c(S(=O)(=O)N3CCOCC3)c2)cc1Cl. The molecule has 10 heteroatoms. The van der Waals surface area contributed by atoms with E-state index < -0.39 is 15.9 Å². The van der Waals surface area contributed by atoms with Crippen LogP contribution in [0.3, 0.4) is 0 Å². The van der Waals surface area contributed by atoms with Gasteiger partial charge in [-0.1, -0.05) is 23.2 Å². The molecule has 0 atom stereocenters. The number of benzene rings is 2. The van der Waals surface area contributed by atoms with Crippen LogP contribution in [0.2, 0.25) is 10.0 Å².